The van der Waals surface area contributed by atoms with Crippen LogP contribution in [0.4, 0.5) is 0 Å². The Hall–Kier alpha value is -4.56. The molecule has 0 bridgehead atoms. The van der Waals surface area contributed by atoms with Crippen LogP contribution in [-0.2, 0) is 19.0 Å². The molecule has 5 rings (SSSR count). The summed E-state index contributed by atoms with van der Waals surface area (Å²) in [6.45, 7) is 2.74. The summed E-state index contributed by atoms with van der Waals surface area (Å²) >= 11 is 0. The molecule has 0 radical (unpaired) electrons. The highest BCUT2D eigenvalue weighted by Crippen LogP contribution is 2.45. The molecule has 0 saturated carbocycles. The van der Waals surface area contributed by atoms with Gasteiger partial charge in [0.2, 0.25) is 0 Å². The Balaban J connectivity index is 1.37. The highest BCUT2D eigenvalue weighted by Gasteiger charge is 2.21. The Morgan fingerprint density at radius 2 is 1.11 bits per heavy atom. The number of Topliss-reactive ketones (excluding diaryl/α,β-unsaturated/α-hetero) is 1. The molecule has 0 saturated heterocycles. The zero-order valence-electron chi connectivity index (χ0n) is 25.5. The van der Waals surface area contributed by atoms with Crippen LogP contribution in [0.2, 0.25) is 0 Å². The van der Waals surface area contributed by atoms with E-state index in [0.29, 0.717) is 63.1 Å². The van der Waals surface area contributed by atoms with Crippen LogP contribution in [0.25, 0.3) is 32.7 Å². The van der Waals surface area contributed by atoms with Crippen LogP contribution in [0.3, 0.4) is 0 Å². The maximum absolute atomic E-state index is 13.2. The summed E-state index contributed by atoms with van der Waals surface area (Å²) in [6, 6.07) is 33.0. The molecule has 45 heavy (non-hydrogen) atoms. The number of carbonyl (C=O) groups is 2. The molecule has 0 N–H and O–H groups in total. The quantitative estimate of drug-likeness (QED) is 0.0465. The van der Waals surface area contributed by atoms with Crippen LogP contribution in [0, 0.1) is 0 Å². The van der Waals surface area contributed by atoms with Gasteiger partial charge in [0.05, 0.1) is 33.0 Å². The highest BCUT2D eigenvalue weighted by atomic mass is 16.6. The zero-order valence-corrected chi connectivity index (χ0v) is 25.5. The molecule has 0 aliphatic rings. The van der Waals surface area contributed by atoms with Crippen LogP contribution in [0.1, 0.15) is 29.6 Å². The van der Waals surface area contributed by atoms with Crippen LogP contribution in [0.5, 0.6) is 11.5 Å². The molecule has 0 amide bonds. The second kappa shape index (κ2) is 16.5. The minimum absolute atomic E-state index is 0.00920. The molecule has 0 aliphatic carbocycles. The van der Waals surface area contributed by atoms with Gasteiger partial charge in [-0.05, 0) is 40.1 Å². The lowest BCUT2D eigenvalue weighted by molar-refractivity contribution is -0.134. The van der Waals surface area contributed by atoms with E-state index in [0.717, 1.165) is 32.7 Å². The van der Waals surface area contributed by atoms with E-state index in [2.05, 4.69) is 6.07 Å². The van der Waals surface area contributed by atoms with E-state index in [1.54, 1.807) is 19.2 Å². The minimum Gasteiger partial charge on any atom is -0.491 e. The van der Waals surface area contributed by atoms with E-state index in [1.807, 2.05) is 84.9 Å². The van der Waals surface area contributed by atoms with Gasteiger partial charge in [0.25, 0.3) is 0 Å². The van der Waals surface area contributed by atoms with Crippen molar-refractivity contribution in [3.63, 3.8) is 0 Å². The van der Waals surface area contributed by atoms with Crippen LogP contribution < -0.4 is 9.47 Å². The van der Waals surface area contributed by atoms with Gasteiger partial charge in [0, 0.05) is 36.6 Å². The third-order valence-corrected chi connectivity index (χ3v) is 7.42. The third kappa shape index (κ3) is 8.54. The van der Waals surface area contributed by atoms with E-state index in [9.17, 15) is 9.59 Å². The average molecular weight is 607 g/mol. The number of benzene rings is 5. The van der Waals surface area contributed by atoms with E-state index in [1.165, 1.54) is 0 Å². The first-order valence-electron chi connectivity index (χ1n) is 15.3. The molecule has 232 valence electrons. The molecule has 0 aromatic heterocycles. The molecule has 0 fully saturated rings. The normalized spacial score (nSPS) is 11.1. The number of ketones is 1. The van der Waals surface area contributed by atoms with Gasteiger partial charge in [-0.25, -0.2) is 0 Å². The van der Waals surface area contributed by atoms with Crippen LogP contribution in [0.15, 0.2) is 103 Å². The summed E-state index contributed by atoms with van der Waals surface area (Å²) in [5.74, 6) is 0.723. The maximum atomic E-state index is 13.2. The smallest absolute Gasteiger partial charge is 0.311 e. The number of fused-ring (bicyclic) bond motifs is 2. The van der Waals surface area contributed by atoms with Gasteiger partial charge in [-0.3, -0.25) is 9.59 Å². The summed E-state index contributed by atoms with van der Waals surface area (Å²) in [7, 11) is 1.64. The van der Waals surface area contributed by atoms with E-state index < -0.39 is 5.97 Å². The Morgan fingerprint density at radius 3 is 1.78 bits per heavy atom. The SMILES string of the molecule is COCCOCCOCCOc1ccc2ccccc2c1-c1c(OC(=O)CCCC(=O)c2ccccc2)ccc2ccccc12. The molecule has 0 unspecified atom stereocenters. The first kappa shape index (κ1) is 31.9. The fraction of sp³-hybridized carbons (Fsp3) is 0.263. The fourth-order valence-electron chi connectivity index (χ4n) is 5.23. The number of hydrogen-bond acceptors (Lipinski definition) is 7. The predicted molar refractivity (Wildman–Crippen MR) is 176 cm³/mol. The van der Waals surface area contributed by atoms with Crippen molar-refractivity contribution < 1.29 is 33.3 Å². The van der Waals surface area contributed by atoms with Crippen molar-refractivity contribution in [2.75, 3.05) is 46.8 Å². The number of methoxy groups -OCH3 is 1. The first-order chi connectivity index (χ1) is 22.2. The Labute approximate surface area is 263 Å². The van der Waals surface area contributed by atoms with Crippen molar-refractivity contribution in [1.82, 2.24) is 0 Å². The molecule has 7 nitrogen and oxygen atoms in total. The highest BCUT2D eigenvalue weighted by molar-refractivity contribution is 6.10. The van der Waals surface area contributed by atoms with Crippen molar-refractivity contribution in [2.24, 2.45) is 0 Å². The summed E-state index contributed by atoms with van der Waals surface area (Å²) in [5.41, 5.74) is 2.27. The van der Waals surface area contributed by atoms with Gasteiger partial charge < -0.3 is 23.7 Å². The molecule has 0 atom stereocenters. The second-order valence-electron chi connectivity index (χ2n) is 10.5. The Morgan fingerprint density at radius 1 is 0.556 bits per heavy atom. The van der Waals surface area contributed by atoms with Crippen molar-refractivity contribution in [3.8, 4) is 22.6 Å². The lowest BCUT2D eigenvalue weighted by Crippen LogP contribution is -2.13. The minimum atomic E-state index is -0.392. The topological polar surface area (TPSA) is 80.3 Å². The van der Waals surface area contributed by atoms with Gasteiger partial charge in [-0.15, -0.1) is 0 Å². The number of hydrogen-bond donors (Lipinski definition) is 0. The van der Waals surface area contributed by atoms with Crippen molar-refractivity contribution in [2.45, 2.75) is 19.3 Å². The molecule has 0 aliphatic heterocycles. The van der Waals surface area contributed by atoms with Gasteiger partial charge in [0.1, 0.15) is 18.1 Å². The summed E-state index contributed by atoms with van der Waals surface area (Å²) in [5, 5.41) is 3.96. The molecule has 0 spiro atoms. The summed E-state index contributed by atoms with van der Waals surface area (Å²) in [6.07, 6.45) is 0.790. The Bertz CT molecular complexity index is 1710. The number of ether oxygens (including phenoxy) is 5. The predicted octanol–water partition coefficient (Wildman–Crippen LogP) is 7.68. The van der Waals surface area contributed by atoms with Crippen LogP contribution >= 0.6 is 0 Å². The van der Waals surface area contributed by atoms with Gasteiger partial charge in [0.15, 0.2) is 5.78 Å². The zero-order chi connectivity index (χ0) is 31.3. The second-order valence-corrected chi connectivity index (χ2v) is 10.5. The molecule has 0 heterocycles. The van der Waals surface area contributed by atoms with Crippen molar-refractivity contribution in [1.29, 1.82) is 0 Å². The first-order valence-corrected chi connectivity index (χ1v) is 15.3. The van der Waals surface area contributed by atoms with E-state index >= 15 is 0 Å². The summed E-state index contributed by atoms with van der Waals surface area (Å²) in [4.78, 5) is 25.7. The largest absolute Gasteiger partial charge is 0.491 e. The van der Waals surface area contributed by atoms with Crippen molar-refractivity contribution >= 4 is 33.3 Å². The van der Waals surface area contributed by atoms with Crippen LogP contribution in [-0.4, -0.2) is 58.5 Å². The van der Waals surface area contributed by atoms with Gasteiger partial charge >= 0.3 is 5.97 Å². The standard InChI is InChI=1S/C38H38O7/c1-41-22-23-42-24-25-43-26-27-44-34-20-18-28-10-5-7-14-31(28)37(34)38-32-15-8-6-11-29(32)19-21-35(38)45-36(40)17-9-16-33(39)30-12-3-2-4-13-30/h2-8,10-15,18-21H,9,16-17,22-27H2,1H3. The maximum Gasteiger partial charge on any atom is 0.311 e. The monoisotopic (exact) mass is 606 g/mol. The van der Waals surface area contributed by atoms with Gasteiger partial charge in [-0.1, -0.05) is 91.0 Å². The molecule has 7 heteroatoms. The van der Waals surface area contributed by atoms with Crippen molar-refractivity contribution in [3.05, 3.63) is 109 Å². The summed E-state index contributed by atoms with van der Waals surface area (Å²) < 4.78 is 28.5. The Kier molecular flexibility index (Phi) is 11.7. The number of rotatable bonds is 17. The lowest BCUT2D eigenvalue weighted by Gasteiger charge is -2.19. The third-order valence-electron chi connectivity index (χ3n) is 7.42. The molecule has 5 aromatic carbocycles. The molecular formula is C38H38O7. The number of esters is 1. The fourth-order valence-corrected chi connectivity index (χ4v) is 5.23. The average Bonchev–Trinajstić information content (AvgIpc) is 3.08. The lowest BCUT2D eigenvalue weighted by atomic mass is 9.92. The molecular weight excluding hydrogens is 568 g/mol. The number of carbonyl (C=O) groups excluding carboxylic acids is 2. The van der Waals surface area contributed by atoms with Gasteiger partial charge in [-0.2, -0.15) is 0 Å². The molecule has 5 aromatic rings. The van der Waals surface area contributed by atoms with E-state index in [-0.39, 0.29) is 18.6 Å². The van der Waals surface area contributed by atoms with E-state index in [4.69, 9.17) is 23.7 Å².